The van der Waals surface area contributed by atoms with Gasteiger partial charge in [0.15, 0.2) is 0 Å². The number of halogens is 2. The van der Waals surface area contributed by atoms with Gasteiger partial charge in [-0.3, -0.25) is 0 Å². The van der Waals surface area contributed by atoms with E-state index in [4.69, 9.17) is 0 Å². The molecule has 6 aromatic rings. The number of fused-ring (bicyclic) bond motifs is 4. The zero-order valence-corrected chi connectivity index (χ0v) is 25.0. The first-order valence-corrected chi connectivity index (χ1v) is 15.7. The normalized spacial score (nSPS) is 17.0. The van der Waals surface area contributed by atoms with Crippen LogP contribution < -0.4 is 24.8 Å². The largest absolute Gasteiger partial charge is 1.00 e. The van der Waals surface area contributed by atoms with E-state index in [1.165, 1.54) is 55.5 Å². The minimum absolute atomic E-state index is 0. The van der Waals surface area contributed by atoms with E-state index in [-0.39, 0.29) is 24.8 Å². The van der Waals surface area contributed by atoms with Crippen molar-refractivity contribution in [2.24, 2.45) is 0 Å². The summed E-state index contributed by atoms with van der Waals surface area (Å²) in [6, 6.07) is 40.1. The molecule has 0 amide bonds. The van der Waals surface area contributed by atoms with Crippen LogP contribution in [0, 0.1) is 0 Å². The molecule has 0 aliphatic heterocycles. The Balaban J connectivity index is 0.00000138. The standard InChI is InChI=1S/2C17H12N.2ClH.Zr/c2*1-2-7-15-12-16(11-14(15)6-1)18-10-9-13-5-3-4-8-17(13)18;;;/h2*1-12H;2*1H;/q;;;;+2/p-2. The summed E-state index contributed by atoms with van der Waals surface area (Å²) in [6.45, 7) is 0. The second-order valence-corrected chi connectivity index (χ2v) is 13.6. The van der Waals surface area contributed by atoms with Crippen LogP contribution in [0.3, 0.4) is 0 Å². The molecular formula is C34H24Cl2N2Zr. The van der Waals surface area contributed by atoms with Crippen molar-refractivity contribution < 1.29 is 48.0 Å². The van der Waals surface area contributed by atoms with Crippen molar-refractivity contribution in [1.82, 2.24) is 9.13 Å². The predicted molar refractivity (Wildman–Crippen MR) is 151 cm³/mol. The van der Waals surface area contributed by atoms with Crippen LogP contribution in [0.15, 0.2) is 122 Å². The topological polar surface area (TPSA) is 9.86 Å². The van der Waals surface area contributed by atoms with Gasteiger partial charge in [0.2, 0.25) is 0 Å². The van der Waals surface area contributed by atoms with Gasteiger partial charge in [0.25, 0.3) is 0 Å². The second kappa shape index (κ2) is 10.5. The monoisotopic (exact) mass is 620 g/mol. The number of allylic oxidation sites excluding steroid dienone is 2. The maximum Gasteiger partial charge on any atom is -1.00 e. The van der Waals surface area contributed by atoms with E-state index in [2.05, 4.69) is 143 Å². The third kappa shape index (κ3) is 4.20. The Morgan fingerprint density at radius 1 is 0.462 bits per heavy atom. The molecule has 0 saturated heterocycles. The number of hydrogen-bond acceptors (Lipinski definition) is 0. The molecule has 0 fully saturated rings. The molecule has 0 bridgehead atoms. The molecular weight excluding hydrogens is 599 g/mol. The van der Waals surface area contributed by atoms with Gasteiger partial charge in [-0.1, -0.05) is 0 Å². The summed E-state index contributed by atoms with van der Waals surface area (Å²) >= 11 is -1.09. The minimum Gasteiger partial charge on any atom is -1.00 e. The third-order valence-electron chi connectivity index (χ3n) is 7.90. The number of para-hydroxylation sites is 2. The molecule has 2 aromatic heterocycles. The summed E-state index contributed by atoms with van der Waals surface area (Å²) < 4.78 is 5.85. The Morgan fingerprint density at radius 3 is 1.36 bits per heavy atom. The van der Waals surface area contributed by atoms with Gasteiger partial charge in [0.1, 0.15) is 0 Å². The molecule has 0 saturated carbocycles. The maximum atomic E-state index is 2.45. The van der Waals surface area contributed by atoms with Gasteiger partial charge >= 0.3 is 229 Å². The van der Waals surface area contributed by atoms with Crippen LogP contribution in [0.25, 0.3) is 45.4 Å². The number of rotatable bonds is 4. The first-order valence-electron chi connectivity index (χ1n) is 12.9. The Morgan fingerprint density at radius 2 is 0.872 bits per heavy atom. The Labute approximate surface area is 252 Å². The Hall–Kier alpha value is -3.10. The maximum absolute atomic E-state index is 2.45. The molecule has 39 heavy (non-hydrogen) atoms. The van der Waals surface area contributed by atoms with Crippen molar-refractivity contribution in [2.75, 3.05) is 0 Å². The zero-order chi connectivity index (χ0) is 24.3. The third-order valence-corrected chi connectivity index (χ3v) is 12.5. The molecule has 2 aliphatic rings. The fourth-order valence-electron chi connectivity index (χ4n) is 6.16. The molecule has 4 aromatic carbocycles. The summed E-state index contributed by atoms with van der Waals surface area (Å²) in [4.78, 5) is 0. The van der Waals surface area contributed by atoms with Gasteiger partial charge in [-0.05, 0) is 0 Å². The summed E-state index contributed by atoms with van der Waals surface area (Å²) in [5.74, 6) is 0. The molecule has 2 atom stereocenters. The molecule has 2 heterocycles. The van der Waals surface area contributed by atoms with Gasteiger partial charge in [-0.25, -0.2) is 0 Å². The van der Waals surface area contributed by atoms with Crippen molar-refractivity contribution in [3.05, 3.63) is 144 Å². The number of hydrogen-bond donors (Lipinski definition) is 0. The van der Waals surface area contributed by atoms with Gasteiger partial charge in [0.05, 0.1) is 0 Å². The summed E-state index contributed by atoms with van der Waals surface area (Å²) in [5, 5.41) is 2.60. The quantitative estimate of drug-likeness (QED) is 0.286. The van der Waals surface area contributed by atoms with Gasteiger partial charge in [-0.15, -0.1) is 0 Å². The van der Waals surface area contributed by atoms with Crippen molar-refractivity contribution in [1.29, 1.82) is 0 Å². The first kappa shape index (κ1) is 26.1. The summed E-state index contributed by atoms with van der Waals surface area (Å²) in [7, 11) is 0. The van der Waals surface area contributed by atoms with Crippen molar-refractivity contribution in [2.45, 2.75) is 7.25 Å². The smallest absolute Gasteiger partial charge is 1.00 e. The van der Waals surface area contributed by atoms with E-state index in [1.807, 2.05) is 0 Å². The van der Waals surface area contributed by atoms with Crippen molar-refractivity contribution in [3.63, 3.8) is 0 Å². The molecule has 0 spiro atoms. The number of aromatic nitrogens is 2. The summed E-state index contributed by atoms with van der Waals surface area (Å²) in [6.07, 6.45) is 9.44. The van der Waals surface area contributed by atoms with Crippen molar-refractivity contribution >= 4 is 45.4 Å². The van der Waals surface area contributed by atoms with Crippen LogP contribution in [-0.2, 0) is 23.2 Å². The van der Waals surface area contributed by atoms with Crippen molar-refractivity contribution in [3.8, 4) is 0 Å². The van der Waals surface area contributed by atoms with Crippen LogP contribution >= 0.6 is 0 Å². The van der Waals surface area contributed by atoms with E-state index >= 15 is 0 Å². The molecule has 2 aliphatic carbocycles. The zero-order valence-electron chi connectivity index (χ0n) is 21.0. The van der Waals surface area contributed by atoms with E-state index < -0.39 is 23.2 Å². The van der Waals surface area contributed by atoms with E-state index in [9.17, 15) is 0 Å². The predicted octanol–water partition coefficient (Wildman–Crippen LogP) is 2.49. The van der Waals surface area contributed by atoms with Gasteiger partial charge < -0.3 is 24.8 Å². The van der Waals surface area contributed by atoms with Gasteiger partial charge in [-0.2, -0.15) is 0 Å². The molecule has 8 rings (SSSR count). The summed E-state index contributed by atoms with van der Waals surface area (Å²) in [5.41, 5.74) is 11.2. The van der Waals surface area contributed by atoms with Crippen LogP contribution in [0.4, 0.5) is 0 Å². The molecule has 2 nitrogen and oxygen atoms in total. The Bertz CT molecular complexity index is 1760. The fraction of sp³-hybridized carbons (Fsp3) is 0.0588. The van der Waals surface area contributed by atoms with Crippen LogP contribution in [0.2, 0.25) is 0 Å². The van der Waals surface area contributed by atoms with Crippen LogP contribution in [0.5, 0.6) is 0 Å². The second-order valence-electron chi connectivity index (χ2n) is 9.92. The Kier molecular flexibility index (Phi) is 7.02. The SMILES string of the molecule is C1=C(n2ccc3ccccc32)[CH]([Zr+2][CH]2C(n3ccc4ccccc43)=Cc3ccccc32)c2ccccc21.[Cl-].[Cl-]. The first-order chi connectivity index (χ1) is 18.3. The van der Waals surface area contributed by atoms with E-state index in [0.717, 1.165) is 0 Å². The average molecular weight is 623 g/mol. The molecule has 188 valence electrons. The van der Waals surface area contributed by atoms with E-state index in [0.29, 0.717) is 7.25 Å². The van der Waals surface area contributed by atoms with E-state index in [1.54, 1.807) is 0 Å². The molecule has 5 heteroatoms. The minimum atomic E-state index is -1.09. The van der Waals surface area contributed by atoms with Crippen LogP contribution in [0.1, 0.15) is 29.5 Å². The molecule has 2 unspecified atom stereocenters. The van der Waals surface area contributed by atoms with Crippen LogP contribution in [-0.4, -0.2) is 9.13 Å². The number of benzene rings is 4. The molecule has 0 radical (unpaired) electrons. The molecule has 0 N–H and O–H groups in total. The fourth-order valence-corrected chi connectivity index (χ4v) is 11.1. The average Bonchev–Trinajstić information content (AvgIpc) is 3.72. The van der Waals surface area contributed by atoms with Gasteiger partial charge in [0, 0.05) is 0 Å². The number of nitrogens with zero attached hydrogens (tertiary/aromatic N) is 2.